The van der Waals surface area contributed by atoms with Crippen molar-refractivity contribution in [3.63, 3.8) is 0 Å². The molecule has 0 radical (unpaired) electrons. The molecule has 0 atom stereocenters. The second-order valence-electron chi connectivity index (χ2n) is 4.09. The predicted molar refractivity (Wildman–Crippen MR) is 65.6 cm³/mol. The fourth-order valence-corrected chi connectivity index (χ4v) is 1.73. The summed E-state index contributed by atoms with van der Waals surface area (Å²) in [5.74, 6) is 1.37. The number of hydrogen-bond donors (Lipinski definition) is 1. The van der Waals surface area contributed by atoms with Gasteiger partial charge in [-0.25, -0.2) is 9.78 Å². The first-order valence-corrected chi connectivity index (χ1v) is 5.72. The van der Waals surface area contributed by atoms with E-state index in [9.17, 15) is 9.59 Å². The van der Waals surface area contributed by atoms with Crippen LogP contribution in [0.1, 0.15) is 24.1 Å². The number of nitrogens with zero attached hydrogens (tertiary/aromatic N) is 4. The van der Waals surface area contributed by atoms with Crippen LogP contribution < -0.4 is 11.2 Å². The van der Waals surface area contributed by atoms with Crippen LogP contribution >= 0.6 is 0 Å². The quantitative estimate of drug-likeness (QED) is 0.817. The van der Waals surface area contributed by atoms with E-state index < -0.39 is 5.69 Å². The molecular formula is C11H15N5O2. The van der Waals surface area contributed by atoms with Gasteiger partial charge < -0.3 is 0 Å². The molecule has 0 aliphatic carbocycles. The van der Waals surface area contributed by atoms with Gasteiger partial charge >= 0.3 is 5.69 Å². The van der Waals surface area contributed by atoms with Crippen molar-refractivity contribution in [1.29, 1.82) is 0 Å². The minimum atomic E-state index is -0.448. The molecule has 7 heteroatoms. The molecule has 0 saturated heterocycles. The van der Waals surface area contributed by atoms with Crippen molar-refractivity contribution in [2.75, 3.05) is 0 Å². The number of hydrogen-bond acceptors (Lipinski definition) is 4. The van der Waals surface area contributed by atoms with E-state index in [2.05, 4.69) is 15.1 Å². The monoisotopic (exact) mass is 249 g/mol. The Morgan fingerprint density at radius 2 is 2.06 bits per heavy atom. The van der Waals surface area contributed by atoms with Crippen LogP contribution in [0.15, 0.2) is 15.8 Å². The maximum Gasteiger partial charge on any atom is 0.328 e. The highest BCUT2D eigenvalue weighted by atomic mass is 16.2. The van der Waals surface area contributed by atoms with E-state index >= 15 is 0 Å². The van der Waals surface area contributed by atoms with Crippen molar-refractivity contribution >= 4 is 0 Å². The molecule has 2 rings (SSSR count). The van der Waals surface area contributed by atoms with Crippen LogP contribution in [0, 0.1) is 13.8 Å². The summed E-state index contributed by atoms with van der Waals surface area (Å²) in [5.41, 5.74) is -0.322. The van der Waals surface area contributed by atoms with E-state index in [0.717, 1.165) is 12.4 Å². The molecule has 2 aromatic rings. The highest BCUT2D eigenvalue weighted by molar-refractivity contribution is 5.02. The third-order valence-corrected chi connectivity index (χ3v) is 2.70. The zero-order valence-electron chi connectivity index (χ0n) is 10.6. The molecule has 0 spiro atoms. The summed E-state index contributed by atoms with van der Waals surface area (Å²) in [6, 6.07) is 0. The van der Waals surface area contributed by atoms with Crippen LogP contribution in [-0.2, 0) is 13.1 Å². The highest BCUT2D eigenvalue weighted by Crippen LogP contribution is 1.98. The van der Waals surface area contributed by atoms with Crippen LogP contribution in [-0.4, -0.2) is 24.3 Å². The van der Waals surface area contributed by atoms with Crippen LogP contribution in [0.25, 0.3) is 0 Å². The summed E-state index contributed by atoms with van der Waals surface area (Å²) in [4.78, 5) is 29.4. The SMILES string of the molecule is CCn1nc(Cn2cc(C)c(=O)[nH]c2=O)nc1C. The molecular weight excluding hydrogens is 234 g/mol. The number of rotatable bonds is 3. The first kappa shape index (κ1) is 12.3. The van der Waals surface area contributed by atoms with Gasteiger partial charge in [-0.1, -0.05) is 0 Å². The van der Waals surface area contributed by atoms with Crippen molar-refractivity contribution < 1.29 is 0 Å². The minimum Gasteiger partial charge on any atom is -0.293 e. The van der Waals surface area contributed by atoms with Gasteiger partial charge in [-0.15, -0.1) is 0 Å². The molecule has 0 bridgehead atoms. The van der Waals surface area contributed by atoms with Crippen molar-refractivity contribution in [3.05, 3.63) is 44.2 Å². The number of H-pyrrole nitrogens is 1. The smallest absolute Gasteiger partial charge is 0.293 e. The molecule has 0 saturated carbocycles. The lowest BCUT2D eigenvalue weighted by atomic mass is 10.4. The lowest BCUT2D eigenvalue weighted by molar-refractivity contribution is 0.613. The van der Waals surface area contributed by atoms with E-state index in [4.69, 9.17) is 0 Å². The Morgan fingerprint density at radius 3 is 2.67 bits per heavy atom. The zero-order chi connectivity index (χ0) is 13.3. The fourth-order valence-electron chi connectivity index (χ4n) is 1.73. The normalized spacial score (nSPS) is 10.8. The summed E-state index contributed by atoms with van der Waals surface area (Å²) in [6.07, 6.45) is 1.52. The Kier molecular flexibility index (Phi) is 3.14. The summed E-state index contributed by atoms with van der Waals surface area (Å²) in [6.45, 7) is 6.48. The van der Waals surface area contributed by atoms with Gasteiger partial charge in [0.15, 0.2) is 5.82 Å². The van der Waals surface area contributed by atoms with Gasteiger partial charge in [-0.3, -0.25) is 19.0 Å². The Morgan fingerprint density at radius 1 is 1.33 bits per heavy atom. The van der Waals surface area contributed by atoms with Gasteiger partial charge in [0.05, 0.1) is 6.54 Å². The Labute approximate surface area is 103 Å². The van der Waals surface area contributed by atoms with Gasteiger partial charge in [0.1, 0.15) is 5.82 Å². The molecule has 18 heavy (non-hydrogen) atoms. The van der Waals surface area contributed by atoms with E-state index in [-0.39, 0.29) is 12.1 Å². The molecule has 96 valence electrons. The number of aryl methyl sites for hydroxylation is 3. The molecule has 0 aliphatic rings. The summed E-state index contributed by atoms with van der Waals surface area (Å²) >= 11 is 0. The average molecular weight is 249 g/mol. The standard InChI is InChI=1S/C11H15N5O2/c1-4-16-8(3)12-9(14-16)6-15-5-7(2)10(17)13-11(15)18/h5H,4,6H2,1-3H3,(H,13,17,18). The van der Waals surface area contributed by atoms with Gasteiger partial charge in [0, 0.05) is 18.3 Å². The number of aromatic nitrogens is 5. The largest absolute Gasteiger partial charge is 0.328 e. The predicted octanol–water partition coefficient (Wildman–Crippen LogP) is -0.187. The zero-order valence-corrected chi connectivity index (χ0v) is 10.6. The number of nitrogens with one attached hydrogen (secondary N) is 1. The van der Waals surface area contributed by atoms with E-state index in [0.29, 0.717) is 11.4 Å². The van der Waals surface area contributed by atoms with Gasteiger partial charge in [0.2, 0.25) is 0 Å². The highest BCUT2D eigenvalue weighted by Gasteiger charge is 2.07. The molecule has 7 nitrogen and oxygen atoms in total. The summed E-state index contributed by atoms with van der Waals surface area (Å²) in [7, 11) is 0. The lowest BCUT2D eigenvalue weighted by Crippen LogP contribution is -2.31. The Hall–Kier alpha value is -2.18. The molecule has 1 N–H and O–H groups in total. The van der Waals surface area contributed by atoms with Crippen molar-refractivity contribution in [1.82, 2.24) is 24.3 Å². The van der Waals surface area contributed by atoms with Gasteiger partial charge in [-0.05, 0) is 20.8 Å². The van der Waals surface area contributed by atoms with E-state index in [1.807, 2.05) is 13.8 Å². The Balaban J connectivity index is 2.36. The van der Waals surface area contributed by atoms with Crippen LogP contribution in [0.5, 0.6) is 0 Å². The third-order valence-electron chi connectivity index (χ3n) is 2.70. The maximum atomic E-state index is 11.6. The molecule has 0 fully saturated rings. The Bertz CT molecular complexity index is 679. The maximum absolute atomic E-state index is 11.6. The molecule has 2 heterocycles. The molecule has 0 unspecified atom stereocenters. The fraction of sp³-hybridized carbons (Fsp3) is 0.455. The van der Waals surface area contributed by atoms with Crippen LogP contribution in [0.2, 0.25) is 0 Å². The molecule has 2 aromatic heterocycles. The molecule has 0 aromatic carbocycles. The second-order valence-corrected chi connectivity index (χ2v) is 4.09. The van der Waals surface area contributed by atoms with Crippen LogP contribution in [0.3, 0.4) is 0 Å². The van der Waals surface area contributed by atoms with Gasteiger partial charge in [0.25, 0.3) is 5.56 Å². The minimum absolute atomic E-state index is 0.254. The average Bonchev–Trinajstić information content (AvgIpc) is 2.66. The summed E-state index contributed by atoms with van der Waals surface area (Å²) < 4.78 is 3.16. The molecule has 0 amide bonds. The van der Waals surface area contributed by atoms with Gasteiger partial charge in [-0.2, -0.15) is 5.10 Å². The van der Waals surface area contributed by atoms with E-state index in [1.54, 1.807) is 11.6 Å². The van der Waals surface area contributed by atoms with Crippen molar-refractivity contribution in [2.24, 2.45) is 0 Å². The second kappa shape index (κ2) is 4.59. The van der Waals surface area contributed by atoms with E-state index in [1.165, 1.54) is 10.8 Å². The first-order valence-electron chi connectivity index (χ1n) is 5.72. The number of aromatic amines is 1. The van der Waals surface area contributed by atoms with Crippen LogP contribution in [0.4, 0.5) is 0 Å². The lowest BCUT2D eigenvalue weighted by Gasteiger charge is -2.02. The summed E-state index contributed by atoms with van der Waals surface area (Å²) in [5, 5.41) is 4.27. The van der Waals surface area contributed by atoms with Crippen molar-refractivity contribution in [2.45, 2.75) is 33.9 Å². The first-order chi connectivity index (χ1) is 8.51. The molecule has 0 aliphatic heterocycles. The van der Waals surface area contributed by atoms with Crippen molar-refractivity contribution in [3.8, 4) is 0 Å². The third kappa shape index (κ3) is 2.24. The topological polar surface area (TPSA) is 85.6 Å².